The van der Waals surface area contributed by atoms with Gasteiger partial charge in [-0.1, -0.05) is 43.3 Å². The van der Waals surface area contributed by atoms with E-state index in [1.54, 1.807) is 7.11 Å². The molecular formula is C20H27NO2. The predicted octanol–water partition coefficient (Wildman–Crippen LogP) is 4.72. The molecule has 0 aliphatic rings. The van der Waals surface area contributed by atoms with Crippen LogP contribution in [0.2, 0.25) is 0 Å². The molecule has 3 nitrogen and oxygen atoms in total. The van der Waals surface area contributed by atoms with Gasteiger partial charge in [-0.3, -0.25) is 0 Å². The summed E-state index contributed by atoms with van der Waals surface area (Å²) in [5.74, 6) is 1.60. The van der Waals surface area contributed by atoms with Crippen LogP contribution in [-0.2, 0) is 6.54 Å². The Morgan fingerprint density at radius 1 is 1.00 bits per heavy atom. The standard InChI is InChI=1S/C20H27NO2/c1-5-15(2)23-19-12-11-17(13-20(19)22-4)14-21-16(3)18-9-7-6-8-10-18/h6-13,15-16,21H,5,14H2,1-4H3. The second kappa shape index (κ2) is 8.59. The van der Waals surface area contributed by atoms with Gasteiger partial charge in [0.15, 0.2) is 11.5 Å². The lowest BCUT2D eigenvalue weighted by molar-refractivity contribution is 0.207. The molecule has 0 spiro atoms. The van der Waals surface area contributed by atoms with Gasteiger partial charge in [0.25, 0.3) is 0 Å². The van der Waals surface area contributed by atoms with Crippen LogP contribution in [0, 0.1) is 0 Å². The van der Waals surface area contributed by atoms with Gasteiger partial charge in [0.2, 0.25) is 0 Å². The molecule has 2 rings (SSSR count). The molecule has 23 heavy (non-hydrogen) atoms. The van der Waals surface area contributed by atoms with Crippen molar-refractivity contribution in [2.45, 2.75) is 45.9 Å². The van der Waals surface area contributed by atoms with Crippen molar-refractivity contribution in [3.63, 3.8) is 0 Å². The zero-order valence-electron chi connectivity index (χ0n) is 14.5. The molecule has 2 aromatic carbocycles. The van der Waals surface area contributed by atoms with Gasteiger partial charge in [-0.05, 0) is 43.5 Å². The first-order valence-electron chi connectivity index (χ1n) is 8.26. The van der Waals surface area contributed by atoms with Crippen LogP contribution in [0.25, 0.3) is 0 Å². The average Bonchev–Trinajstić information content (AvgIpc) is 2.61. The molecule has 2 aromatic rings. The molecule has 0 amide bonds. The van der Waals surface area contributed by atoms with Crippen LogP contribution in [0.4, 0.5) is 0 Å². The van der Waals surface area contributed by atoms with E-state index in [2.05, 4.69) is 56.4 Å². The lowest BCUT2D eigenvalue weighted by atomic mass is 10.1. The third-order valence-corrected chi connectivity index (χ3v) is 4.04. The van der Waals surface area contributed by atoms with Crippen molar-refractivity contribution >= 4 is 0 Å². The molecule has 0 bridgehead atoms. The normalized spacial score (nSPS) is 13.4. The summed E-state index contributed by atoms with van der Waals surface area (Å²) < 4.78 is 11.4. The Labute approximate surface area is 139 Å². The highest BCUT2D eigenvalue weighted by Gasteiger charge is 2.10. The number of rotatable bonds is 8. The molecule has 124 valence electrons. The van der Waals surface area contributed by atoms with Crippen molar-refractivity contribution in [2.75, 3.05) is 7.11 Å². The van der Waals surface area contributed by atoms with Gasteiger partial charge in [-0.2, -0.15) is 0 Å². The smallest absolute Gasteiger partial charge is 0.161 e. The van der Waals surface area contributed by atoms with E-state index in [4.69, 9.17) is 9.47 Å². The fraction of sp³-hybridized carbons (Fsp3) is 0.400. The van der Waals surface area contributed by atoms with Crippen molar-refractivity contribution in [3.05, 3.63) is 59.7 Å². The first kappa shape index (κ1) is 17.4. The molecule has 0 heterocycles. The largest absolute Gasteiger partial charge is 0.493 e. The Morgan fingerprint density at radius 2 is 1.74 bits per heavy atom. The van der Waals surface area contributed by atoms with Crippen molar-refractivity contribution in [1.82, 2.24) is 5.32 Å². The zero-order chi connectivity index (χ0) is 16.7. The molecule has 0 saturated carbocycles. The third kappa shape index (κ3) is 5.00. The predicted molar refractivity (Wildman–Crippen MR) is 95.1 cm³/mol. The van der Waals surface area contributed by atoms with Crippen LogP contribution in [-0.4, -0.2) is 13.2 Å². The zero-order valence-corrected chi connectivity index (χ0v) is 14.5. The van der Waals surface area contributed by atoms with E-state index in [0.29, 0.717) is 6.04 Å². The number of hydrogen-bond donors (Lipinski definition) is 1. The fourth-order valence-electron chi connectivity index (χ4n) is 2.35. The summed E-state index contributed by atoms with van der Waals surface area (Å²) in [4.78, 5) is 0. The third-order valence-electron chi connectivity index (χ3n) is 4.04. The van der Waals surface area contributed by atoms with E-state index in [-0.39, 0.29) is 6.10 Å². The van der Waals surface area contributed by atoms with Gasteiger partial charge in [0.1, 0.15) is 0 Å². The SMILES string of the molecule is CCC(C)Oc1ccc(CNC(C)c2ccccc2)cc1OC. The molecule has 3 heteroatoms. The second-order valence-electron chi connectivity index (χ2n) is 5.84. The van der Waals surface area contributed by atoms with Crippen molar-refractivity contribution in [1.29, 1.82) is 0 Å². The summed E-state index contributed by atoms with van der Waals surface area (Å²) in [6.45, 7) is 7.14. The van der Waals surface area contributed by atoms with Gasteiger partial charge in [-0.25, -0.2) is 0 Å². The number of benzene rings is 2. The van der Waals surface area contributed by atoms with Crippen molar-refractivity contribution in [2.24, 2.45) is 0 Å². The summed E-state index contributed by atoms with van der Waals surface area (Å²) in [6, 6.07) is 16.9. The van der Waals surface area contributed by atoms with Gasteiger partial charge < -0.3 is 14.8 Å². The van der Waals surface area contributed by atoms with E-state index < -0.39 is 0 Å². The molecule has 0 aliphatic carbocycles. The Hall–Kier alpha value is -2.00. The maximum atomic E-state index is 5.89. The Balaban J connectivity index is 2.00. The van der Waals surface area contributed by atoms with Crippen molar-refractivity contribution in [3.8, 4) is 11.5 Å². The monoisotopic (exact) mass is 313 g/mol. The molecule has 0 aromatic heterocycles. The van der Waals surface area contributed by atoms with Gasteiger partial charge in [0.05, 0.1) is 13.2 Å². The summed E-state index contributed by atoms with van der Waals surface area (Å²) in [7, 11) is 1.68. The Bertz CT molecular complexity index is 598. The lowest BCUT2D eigenvalue weighted by Crippen LogP contribution is -2.18. The highest BCUT2D eigenvalue weighted by molar-refractivity contribution is 5.43. The average molecular weight is 313 g/mol. The van der Waals surface area contributed by atoms with Crippen LogP contribution in [0.15, 0.2) is 48.5 Å². The molecule has 2 atom stereocenters. The van der Waals surface area contributed by atoms with E-state index >= 15 is 0 Å². The number of methoxy groups -OCH3 is 1. The summed E-state index contributed by atoms with van der Waals surface area (Å²) >= 11 is 0. The molecular weight excluding hydrogens is 286 g/mol. The van der Waals surface area contributed by atoms with E-state index in [9.17, 15) is 0 Å². The van der Waals surface area contributed by atoms with E-state index in [1.165, 1.54) is 11.1 Å². The minimum atomic E-state index is 0.186. The molecule has 0 radical (unpaired) electrons. The minimum Gasteiger partial charge on any atom is -0.493 e. The first-order chi connectivity index (χ1) is 11.1. The summed E-state index contributed by atoms with van der Waals surface area (Å²) in [5.41, 5.74) is 2.47. The molecule has 0 saturated heterocycles. The van der Waals surface area contributed by atoms with E-state index in [1.807, 2.05) is 18.2 Å². The maximum absolute atomic E-state index is 5.89. The van der Waals surface area contributed by atoms with Crippen LogP contribution in [0.3, 0.4) is 0 Å². The molecule has 0 fully saturated rings. The van der Waals surface area contributed by atoms with Crippen LogP contribution < -0.4 is 14.8 Å². The highest BCUT2D eigenvalue weighted by Crippen LogP contribution is 2.29. The maximum Gasteiger partial charge on any atom is 0.161 e. The number of ether oxygens (including phenoxy) is 2. The van der Waals surface area contributed by atoms with Gasteiger partial charge in [0, 0.05) is 12.6 Å². The number of hydrogen-bond acceptors (Lipinski definition) is 3. The Kier molecular flexibility index (Phi) is 6.48. The molecule has 1 N–H and O–H groups in total. The minimum absolute atomic E-state index is 0.186. The first-order valence-corrected chi connectivity index (χ1v) is 8.26. The topological polar surface area (TPSA) is 30.5 Å². The van der Waals surface area contributed by atoms with Crippen LogP contribution in [0.1, 0.15) is 44.4 Å². The number of nitrogens with one attached hydrogen (secondary N) is 1. The van der Waals surface area contributed by atoms with E-state index in [0.717, 1.165) is 24.5 Å². The van der Waals surface area contributed by atoms with Gasteiger partial charge >= 0.3 is 0 Å². The van der Waals surface area contributed by atoms with Gasteiger partial charge in [-0.15, -0.1) is 0 Å². The summed E-state index contributed by atoms with van der Waals surface area (Å²) in [6.07, 6.45) is 1.16. The summed E-state index contributed by atoms with van der Waals surface area (Å²) in [5, 5.41) is 3.54. The second-order valence-corrected chi connectivity index (χ2v) is 5.84. The lowest BCUT2D eigenvalue weighted by Gasteiger charge is -2.18. The fourth-order valence-corrected chi connectivity index (χ4v) is 2.35. The van der Waals surface area contributed by atoms with Crippen LogP contribution in [0.5, 0.6) is 11.5 Å². The highest BCUT2D eigenvalue weighted by atomic mass is 16.5. The Morgan fingerprint density at radius 3 is 2.39 bits per heavy atom. The molecule has 2 unspecified atom stereocenters. The molecule has 0 aliphatic heterocycles. The van der Waals surface area contributed by atoms with Crippen LogP contribution >= 0.6 is 0 Å². The van der Waals surface area contributed by atoms with Crippen molar-refractivity contribution < 1.29 is 9.47 Å². The quantitative estimate of drug-likeness (QED) is 0.764.